The molecule has 18 heavy (non-hydrogen) atoms. The van der Waals surface area contributed by atoms with Crippen molar-refractivity contribution in [1.29, 1.82) is 0 Å². The molecule has 0 radical (unpaired) electrons. The van der Waals surface area contributed by atoms with Crippen LogP contribution in [0.3, 0.4) is 0 Å². The van der Waals surface area contributed by atoms with E-state index in [1.54, 1.807) is 0 Å². The largest absolute Gasteiger partial charge is 1.00 e. The molecule has 0 spiro atoms. The van der Waals surface area contributed by atoms with Gasteiger partial charge in [0.25, 0.3) is 0 Å². The lowest BCUT2D eigenvalue weighted by molar-refractivity contribution is -0.940. The molecule has 1 aromatic rings. The number of hydrogen-bond acceptors (Lipinski definition) is 0. The van der Waals surface area contributed by atoms with Crippen LogP contribution in [0.1, 0.15) is 26.3 Å². The number of benzene rings is 1. The highest BCUT2D eigenvalue weighted by atomic mass is 79.9. The molecule has 102 valence electrons. The maximum absolute atomic E-state index is 4.05. The molecule has 0 amide bonds. The Morgan fingerprint density at radius 1 is 1.06 bits per heavy atom. The number of hydrogen-bond donors (Lipinski definition) is 0. The van der Waals surface area contributed by atoms with Crippen LogP contribution < -0.4 is 17.0 Å². The highest BCUT2D eigenvalue weighted by molar-refractivity contribution is 5.16. The summed E-state index contributed by atoms with van der Waals surface area (Å²) in [6.45, 7) is 14.4. The van der Waals surface area contributed by atoms with Crippen molar-refractivity contribution in [3.05, 3.63) is 48.6 Å². The van der Waals surface area contributed by atoms with Crippen molar-refractivity contribution in [2.45, 2.75) is 33.2 Å². The predicted octanol–water partition coefficient (Wildman–Crippen LogP) is 0.664. The van der Waals surface area contributed by atoms with Crippen molar-refractivity contribution < 1.29 is 21.5 Å². The van der Waals surface area contributed by atoms with Crippen LogP contribution in [0.4, 0.5) is 0 Å². The van der Waals surface area contributed by atoms with Gasteiger partial charge in [0.2, 0.25) is 0 Å². The number of nitrogens with zero attached hydrogens (tertiary/aromatic N) is 1. The van der Waals surface area contributed by atoms with Crippen LogP contribution in [0.5, 0.6) is 0 Å². The van der Waals surface area contributed by atoms with Crippen molar-refractivity contribution in [3.8, 4) is 0 Å². The Kier molecular flexibility index (Phi) is 8.21. The van der Waals surface area contributed by atoms with Gasteiger partial charge in [-0.05, 0) is 32.4 Å². The van der Waals surface area contributed by atoms with Gasteiger partial charge in [-0.2, -0.15) is 0 Å². The van der Waals surface area contributed by atoms with Crippen LogP contribution in [-0.4, -0.2) is 30.2 Å². The first kappa shape index (κ1) is 17.4. The van der Waals surface area contributed by atoms with E-state index in [4.69, 9.17) is 0 Å². The van der Waals surface area contributed by atoms with Crippen molar-refractivity contribution >= 4 is 0 Å². The molecule has 1 unspecified atom stereocenters. The monoisotopic (exact) mass is 311 g/mol. The first-order valence-corrected chi connectivity index (χ1v) is 6.74. The third kappa shape index (κ3) is 3.96. The maximum Gasteiger partial charge on any atom is 0.111 e. The SMILES string of the molecule is C=CC(Cc1ccccc1)[N+](CC)(CC)CC.[Br-]. The minimum atomic E-state index is 0. The van der Waals surface area contributed by atoms with Crippen LogP contribution in [0.25, 0.3) is 0 Å². The third-order valence-corrected chi connectivity index (χ3v) is 4.15. The van der Waals surface area contributed by atoms with Crippen molar-refractivity contribution in [3.63, 3.8) is 0 Å². The average Bonchev–Trinajstić information content (AvgIpc) is 2.41. The molecular weight excluding hydrogens is 286 g/mol. The summed E-state index contributed by atoms with van der Waals surface area (Å²) in [6.07, 6.45) is 3.24. The van der Waals surface area contributed by atoms with Gasteiger partial charge in [0, 0.05) is 6.42 Å². The van der Waals surface area contributed by atoms with E-state index in [0.717, 1.165) is 10.9 Å². The number of likely N-dealkylation sites (N-methyl/N-ethyl adjacent to an activating group) is 1. The molecule has 0 N–H and O–H groups in total. The van der Waals surface area contributed by atoms with E-state index >= 15 is 0 Å². The van der Waals surface area contributed by atoms with Gasteiger partial charge in [-0.1, -0.05) is 36.9 Å². The molecule has 0 aliphatic carbocycles. The number of quaternary nitrogens is 1. The van der Waals surface area contributed by atoms with Crippen LogP contribution in [0.15, 0.2) is 43.0 Å². The highest BCUT2D eigenvalue weighted by Crippen LogP contribution is 2.18. The fourth-order valence-electron chi connectivity index (χ4n) is 2.73. The van der Waals surface area contributed by atoms with Crippen LogP contribution in [-0.2, 0) is 6.42 Å². The van der Waals surface area contributed by atoms with Crippen molar-refractivity contribution in [2.75, 3.05) is 19.6 Å². The summed E-state index contributed by atoms with van der Waals surface area (Å²) >= 11 is 0. The first-order valence-electron chi connectivity index (χ1n) is 6.74. The van der Waals surface area contributed by atoms with Gasteiger partial charge in [-0.25, -0.2) is 0 Å². The van der Waals surface area contributed by atoms with Gasteiger partial charge >= 0.3 is 0 Å². The standard InChI is InChI=1S/C16H26N.BrH/c1-5-16(17(6-2,7-3)8-4)14-15-12-10-9-11-13-15;/h5,9-13,16H,1,6-8,14H2,2-4H3;1H/q+1;/p-1. The molecule has 1 rings (SSSR count). The van der Waals surface area contributed by atoms with Crippen molar-refractivity contribution in [1.82, 2.24) is 0 Å². The predicted molar refractivity (Wildman–Crippen MR) is 76.0 cm³/mol. The fourth-order valence-corrected chi connectivity index (χ4v) is 2.73. The molecule has 0 heterocycles. The second kappa shape index (κ2) is 8.49. The lowest BCUT2D eigenvalue weighted by Gasteiger charge is -2.42. The molecule has 0 aliphatic rings. The summed E-state index contributed by atoms with van der Waals surface area (Å²) in [4.78, 5) is 0. The minimum Gasteiger partial charge on any atom is -1.00 e. The molecule has 0 aromatic heterocycles. The lowest BCUT2D eigenvalue weighted by atomic mass is 10.0. The Bertz CT molecular complexity index is 322. The van der Waals surface area contributed by atoms with E-state index < -0.39 is 0 Å². The van der Waals surface area contributed by atoms with Gasteiger partial charge in [0.05, 0.1) is 19.6 Å². The molecule has 0 saturated heterocycles. The Labute approximate surface area is 123 Å². The summed E-state index contributed by atoms with van der Waals surface area (Å²) in [7, 11) is 0. The molecule has 1 nitrogen and oxygen atoms in total. The Morgan fingerprint density at radius 3 is 1.94 bits per heavy atom. The van der Waals surface area contributed by atoms with E-state index in [0.29, 0.717) is 6.04 Å². The quantitative estimate of drug-likeness (QED) is 0.513. The molecular formula is C16H26BrN. The summed E-state index contributed by atoms with van der Waals surface area (Å²) in [5.74, 6) is 0. The molecule has 1 aromatic carbocycles. The topological polar surface area (TPSA) is 0 Å². The smallest absolute Gasteiger partial charge is 0.111 e. The first-order chi connectivity index (χ1) is 8.22. The lowest BCUT2D eigenvalue weighted by Crippen LogP contribution is -3.00. The average molecular weight is 312 g/mol. The van der Waals surface area contributed by atoms with Gasteiger partial charge in [0.1, 0.15) is 6.04 Å². The maximum atomic E-state index is 4.05. The summed E-state index contributed by atoms with van der Waals surface area (Å²) in [5, 5.41) is 0. The molecule has 0 aliphatic heterocycles. The van der Waals surface area contributed by atoms with Crippen LogP contribution in [0, 0.1) is 0 Å². The third-order valence-electron chi connectivity index (χ3n) is 4.15. The van der Waals surface area contributed by atoms with Crippen molar-refractivity contribution in [2.24, 2.45) is 0 Å². The fraction of sp³-hybridized carbons (Fsp3) is 0.500. The van der Waals surface area contributed by atoms with Gasteiger partial charge in [-0.3, -0.25) is 0 Å². The Morgan fingerprint density at radius 2 is 1.56 bits per heavy atom. The summed E-state index contributed by atoms with van der Waals surface area (Å²) in [5.41, 5.74) is 1.41. The normalized spacial score (nSPS) is 12.6. The van der Waals surface area contributed by atoms with E-state index in [2.05, 4.69) is 63.8 Å². The van der Waals surface area contributed by atoms with Crippen LogP contribution >= 0.6 is 0 Å². The van der Waals surface area contributed by atoms with Gasteiger partial charge in [0.15, 0.2) is 0 Å². The van der Waals surface area contributed by atoms with Gasteiger partial charge in [-0.15, -0.1) is 0 Å². The zero-order chi connectivity index (χ0) is 12.7. The number of rotatable bonds is 7. The van der Waals surface area contributed by atoms with E-state index in [1.165, 1.54) is 25.2 Å². The Balaban J connectivity index is 0.00000289. The second-order valence-electron chi connectivity index (χ2n) is 4.66. The molecule has 0 fully saturated rings. The molecule has 2 heteroatoms. The Hall–Kier alpha value is -0.600. The van der Waals surface area contributed by atoms with E-state index in [9.17, 15) is 0 Å². The van der Waals surface area contributed by atoms with E-state index in [-0.39, 0.29) is 17.0 Å². The zero-order valence-electron chi connectivity index (χ0n) is 11.9. The van der Waals surface area contributed by atoms with Gasteiger partial charge < -0.3 is 21.5 Å². The number of halogens is 1. The molecule has 1 atom stereocenters. The minimum absolute atomic E-state index is 0. The van der Waals surface area contributed by atoms with Crippen LogP contribution in [0.2, 0.25) is 0 Å². The molecule has 0 saturated carbocycles. The second-order valence-corrected chi connectivity index (χ2v) is 4.66. The van der Waals surface area contributed by atoms with E-state index in [1.807, 2.05) is 0 Å². The summed E-state index contributed by atoms with van der Waals surface area (Å²) in [6, 6.07) is 11.3. The highest BCUT2D eigenvalue weighted by Gasteiger charge is 2.29. The zero-order valence-corrected chi connectivity index (χ0v) is 13.5. The molecule has 0 bridgehead atoms. The summed E-state index contributed by atoms with van der Waals surface area (Å²) < 4.78 is 1.14.